The van der Waals surface area contributed by atoms with Crippen molar-refractivity contribution in [2.24, 2.45) is 0 Å². The van der Waals surface area contributed by atoms with Gasteiger partial charge in [-0.1, -0.05) is 0 Å². The maximum atomic E-state index is 4.47. The van der Waals surface area contributed by atoms with Crippen LogP contribution >= 0.6 is 0 Å². The zero-order valence-corrected chi connectivity index (χ0v) is 16.3. The van der Waals surface area contributed by atoms with Gasteiger partial charge in [0.05, 0.1) is 0 Å². The van der Waals surface area contributed by atoms with Gasteiger partial charge in [-0.25, -0.2) is 19.9 Å². The summed E-state index contributed by atoms with van der Waals surface area (Å²) in [4.78, 5) is 22.7. The van der Waals surface area contributed by atoms with Crippen molar-refractivity contribution >= 4 is 11.9 Å². The van der Waals surface area contributed by atoms with Crippen LogP contribution in [0.1, 0.15) is 45.1 Å². The number of rotatable bonds is 5. The van der Waals surface area contributed by atoms with Crippen molar-refractivity contribution in [3.63, 3.8) is 0 Å². The molecule has 2 fully saturated rings. The van der Waals surface area contributed by atoms with Crippen LogP contribution in [0.15, 0.2) is 30.9 Å². The summed E-state index contributed by atoms with van der Waals surface area (Å²) < 4.78 is 0. The van der Waals surface area contributed by atoms with Gasteiger partial charge in [0.25, 0.3) is 0 Å². The second-order valence-corrected chi connectivity index (χ2v) is 8.00. The van der Waals surface area contributed by atoms with Gasteiger partial charge in [0.1, 0.15) is 0 Å². The molecule has 2 aromatic rings. The maximum Gasteiger partial charge on any atom is 0.225 e. The number of hydrogen-bond acceptors (Lipinski definition) is 7. The van der Waals surface area contributed by atoms with Crippen LogP contribution in [-0.2, 0) is 6.54 Å². The first kappa shape index (κ1) is 18.1. The molecule has 27 heavy (non-hydrogen) atoms. The minimum Gasteiger partial charge on any atom is -0.352 e. The van der Waals surface area contributed by atoms with E-state index >= 15 is 0 Å². The first-order chi connectivity index (χ1) is 13.1. The molecule has 1 N–H and O–H groups in total. The lowest BCUT2D eigenvalue weighted by Gasteiger charge is -2.45. The number of hydrogen-bond donors (Lipinski definition) is 1. The summed E-state index contributed by atoms with van der Waals surface area (Å²) in [6.07, 6.45) is 12.5. The van der Waals surface area contributed by atoms with Gasteiger partial charge in [-0.15, -0.1) is 0 Å². The highest BCUT2D eigenvalue weighted by atomic mass is 15.3. The fourth-order valence-corrected chi connectivity index (χ4v) is 4.37. The average Bonchev–Trinajstić information content (AvgIpc) is 3.06. The molecule has 2 aliphatic rings. The van der Waals surface area contributed by atoms with E-state index in [0.717, 1.165) is 32.1 Å². The van der Waals surface area contributed by atoms with E-state index in [4.69, 9.17) is 0 Å². The molecule has 0 radical (unpaired) electrons. The molecule has 144 valence electrons. The topological polar surface area (TPSA) is 70.1 Å². The van der Waals surface area contributed by atoms with E-state index < -0.39 is 0 Å². The molecule has 0 amide bonds. The molecule has 1 spiro atoms. The Kier molecular flexibility index (Phi) is 5.20. The highest BCUT2D eigenvalue weighted by Crippen LogP contribution is 2.39. The second kappa shape index (κ2) is 7.76. The van der Waals surface area contributed by atoms with Crippen LogP contribution in [0.4, 0.5) is 11.9 Å². The molecule has 0 bridgehead atoms. The summed E-state index contributed by atoms with van der Waals surface area (Å²) in [5.41, 5.74) is 1.50. The number of nitrogens with one attached hydrogen (secondary N) is 1. The van der Waals surface area contributed by atoms with Crippen LogP contribution in [0.2, 0.25) is 0 Å². The van der Waals surface area contributed by atoms with Gasteiger partial charge in [0, 0.05) is 61.6 Å². The van der Waals surface area contributed by atoms with E-state index in [9.17, 15) is 0 Å². The summed E-state index contributed by atoms with van der Waals surface area (Å²) in [7, 11) is 0. The maximum absolute atomic E-state index is 4.47. The van der Waals surface area contributed by atoms with Crippen molar-refractivity contribution in [2.75, 3.05) is 29.9 Å². The van der Waals surface area contributed by atoms with E-state index in [0.29, 0.717) is 17.5 Å². The predicted molar refractivity (Wildman–Crippen MR) is 107 cm³/mol. The van der Waals surface area contributed by atoms with Gasteiger partial charge in [-0.2, -0.15) is 0 Å². The molecular weight excluding hydrogens is 338 g/mol. The fourth-order valence-electron chi connectivity index (χ4n) is 4.37. The highest BCUT2D eigenvalue weighted by molar-refractivity contribution is 5.30. The molecule has 0 aliphatic carbocycles. The summed E-state index contributed by atoms with van der Waals surface area (Å²) in [6.45, 7) is 8.33. The van der Waals surface area contributed by atoms with Crippen LogP contribution in [0.25, 0.3) is 0 Å². The van der Waals surface area contributed by atoms with Gasteiger partial charge >= 0.3 is 0 Å². The molecule has 7 heteroatoms. The molecule has 0 saturated carbocycles. The number of anilines is 2. The largest absolute Gasteiger partial charge is 0.352 e. The second-order valence-electron chi connectivity index (χ2n) is 8.00. The van der Waals surface area contributed by atoms with Crippen molar-refractivity contribution in [1.29, 1.82) is 0 Å². The Balaban J connectivity index is 1.39. The van der Waals surface area contributed by atoms with Gasteiger partial charge in [0.2, 0.25) is 11.9 Å². The van der Waals surface area contributed by atoms with Crippen molar-refractivity contribution in [2.45, 2.75) is 57.7 Å². The van der Waals surface area contributed by atoms with Crippen molar-refractivity contribution in [3.05, 3.63) is 36.4 Å². The monoisotopic (exact) mass is 367 g/mol. The Morgan fingerprint density at radius 3 is 2.37 bits per heavy atom. The van der Waals surface area contributed by atoms with E-state index in [-0.39, 0.29) is 0 Å². The summed E-state index contributed by atoms with van der Waals surface area (Å²) >= 11 is 0. The van der Waals surface area contributed by atoms with E-state index in [1.807, 2.05) is 30.9 Å². The summed E-state index contributed by atoms with van der Waals surface area (Å²) in [5, 5.41) is 3.25. The number of piperidine rings is 1. The molecule has 2 aliphatic heterocycles. The van der Waals surface area contributed by atoms with E-state index in [1.54, 1.807) is 0 Å². The predicted octanol–water partition coefficient (Wildman–Crippen LogP) is 2.72. The van der Waals surface area contributed by atoms with Gasteiger partial charge < -0.3 is 10.2 Å². The third-order valence-corrected chi connectivity index (χ3v) is 5.77. The molecule has 2 aromatic heterocycles. The third kappa shape index (κ3) is 4.03. The van der Waals surface area contributed by atoms with Gasteiger partial charge in [0.15, 0.2) is 0 Å². The Morgan fingerprint density at radius 2 is 1.70 bits per heavy atom. The third-order valence-electron chi connectivity index (χ3n) is 5.77. The van der Waals surface area contributed by atoms with Crippen molar-refractivity contribution in [1.82, 2.24) is 24.8 Å². The van der Waals surface area contributed by atoms with E-state index in [1.165, 1.54) is 31.2 Å². The lowest BCUT2D eigenvalue weighted by atomic mass is 9.85. The lowest BCUT2D eigenvalue weighted by molar-refractivity contribution is 0.0992. The van der Waals surface area contributed by atoms with Gasteiger partial charge in [-0.05, 0) is 52.1 Å². The normalized spacial score (nSPS) is 19.7. The smallest absolute Gasteiger partial charge is 0.225 e. The molecular formula is C20H29N7. The minimum atomic E-state index is 0.306. The molecule has 4 rings (SSSR count). The fraction of sp³-hybridized carbons (Fsp3) is 0.600. The van der Waals surface area contributed by atoms with Crippen molar-refractivity contribution in [3.8, 4) is 0 Å². The van der Waals surface area contributed by atoms with E-state index in [2.05, 4.69) is 48.9 Å². The SMILES string of the molecule is CC(C)Nc1ncc(CN2CCCC23CCN(c2ncccn2)CC3)cn1. The zero-order chi connectivity index (χ0) is 18.7. The Morgan fingerprint density at radius 1 is 1.00 bits per heavy atom. The zero-order valence-electron chi connectivity index (χ0n) is 16.3. The molecule has 7 nitrogen and oxygen atoms in total. The van der Waals surface area contributed by atoms with Crippen LogP contribution < -0.4 is 10.2 Å². The quantitative estimate of drug-likeness (QED) is 0.871. The minimum absolute atomic E-state index is 0.306. The number of likely N-dealkylation sites (tertiary alicyclic amines) is 1. The average molecular weight is 368 g/mol. The van der Waals surface area contributed by atoms with Crippen molar-refractivity contribution < 1.29 is 0 Å². The Bertz CT molecular complexity index is 724. The molecule has 2 saturated heterocycles. The first-order valence-electron chi connectivity index (χ1n) is 9.99. The lowest BCUT2D eigenvalue weighted by Crippen LogP contribution is -2.52. The standard InChI is InChI=1S/C20H29N7/c1-16(2)25-18-23-13-17(14-24-18)15-27-10-3-5-20(27)6-11-26(12-7-20)19-21-8-4-9-22-19/h4,8-9,13-14,16H,3,5-7,10-12,15H2,1-2H3,(H,23,24,25). The molecule has 0 atom stereocenters. The summed E-state index contributed by atoms with van der Waals surface area (Å²) in [5.74, 6) is 1.57. The summed E-state index contributed by atoms with van der Waals surface area (Å²) in [6, 6.07) is 2.22. The van der Waals surface area contributed by atoms with Crippen LogP contribution in [0.5, 0.6) is 0 Å². The van der Waals surface area contributed by atoms with Crippen LogP contribution in [0, 0.1) is 0 Å². The van der Waals surface area contributed by atoms with Crippen LogP contribution in [-0.4, -0.2) is 56.1 Å². The van der Waals surface area contributed by atoms with Gasteiger partial charge in [-0.3, -0.25) is 4.90 Å². The molecule has 0 aromatic carbocycles. The first-order valence-corrected chi connectivity index (χ1v) is 9.99. The highest BCUT2D eigenvalue weighted by Gasteiger charge is 2.43. The number of aromatic nitrogens is 4. The number of nitrogens with zero attached hydrogens (tertiary/aromatic N) is 6. The molecule has 0 unspecified atom stereocenters. The molecule has 4 heterocycles. The van der Waals surface area contributed by atoms with Crippen LogP contribution in [0.3, 0.4) is 0 Å². The Labute approximate surface area is 161 Å². The Hall–Kier alpha value is -2.28.